The number of hydrogen-bond donors (Lipinski definition) is 0. The van der Waals surface area contributed by atoms with Crippen LogP contribution in [-0.4, -0.2) is 30.8 Å². The zero-order chi connectivity index (χ0) is 13.3. The van der Waals surface area contributed by atoms with Crippen molar-refractivity contribution in [2.45, 2.75) is 37.3 Å². The molecule has 1 saturated heterocycles. The lowest BCUT2D eigenvalue weighted by Crippen LogP contribution is -2.32. The fourth-order valence-electron chi connectivity index (χ4n) is 2.18. The normalized spacial score (nSPS) is 22.9. The fraction of sp³-hybridized carbons (Fsp3) is 0.727. The predicted molar refractivity (Wildman–Crippen MR) is 73.6 cm³/mol. The maximum atomic E-state index is 12.5. The minimum absolute atomic E-state index is 0.286. The van der Waals surface area contributed by atoms with Crippen molar-refractivity contribution in [3.05, 3.63) is 10.2 Å². The highest BCUT2D eigenvalue weighted by atomic mass is 35.5. The van der Waals surface area contributed by atoms with Crippen LogP contribution in [-0.2, 0) is 10.0 Å². The fourth-order valence-corrected chi connectivity index (χ4v) is 5.55. The van der Waals surface area contributed by atoms with Gasteiger partial charge in [-0.3, -0.25) is 0 Å². The van der Waals surface area contributed by atoms with Gasteiger partial charge in [0.25, 0.3) is 10.0 Å². The van der Waals surface area contributed by atoms with Gasteiger partial charge in [0, 0.05) is 13.1 Å². The summed E-state index contributed by atoms with van der Waals surface area (Å²) in [7, 11) is -3.41. The Kier molecular flexibility index (Phi) is 4.31. The molecule has 18 heavy (non-hydrogen) atoms. The van der Waals surface area contributed by atoms with Crippen molar-refractivity contribution in [3.8, 4) is 0 Å². The Labute approximate surface area is 117 Å². The van der Waals surface area contributed by atoms with Crippen molar-refractivity contribution in [2.75, 3.05) is 13.1 Å². The van der Waals surface area contributed by atoms with Gasteiger partial charge in [-0.15, -0.1) is 0 Å². The average molecular weight is 309 g/mol. The topological polar surface area (TPSA) is 50.3 Å². The van der Waals surface area contributed by atoms with Gasteiger partial charge in [-0.25, -0.2) is 13.4 Å². The second-order valence-electron chi connectivity index (χ2n) is 4.78. The number of halogens is 1. The standard InChI is InChI=1S/C11H17ClN2O2S2/c1-8-4-3-6-14(7-5-8)18(15,16)10-9(2)13-11(12)17-10/h8H,3-7H2,1-2H3. The lowest BCUT2D eigenvalue weighted by atomic mass is 10.0. The number of nitrogens with zero attached hydrogens (tertiary/aromatic N) is 2. The summed E-state index contributed by atoms with van der Waals surface area (Å²) in [5.41, 5.74) is 0.502. The lowest BCUT2D eigenvalue weighted by molar-refractivity contribution is 0.417. The van der Waals surface area contributed by atoms with Gasteiger partial charge in [-0.05, 0) is 32.1 Å². The van der Waals surface area contributed by atoms with Crippen LogP contribution in [0.2, 0.25) is 4.47 Å². The summed E-state index contributed by atoms with van der Waals surface area (Å²) in [5, 5.41) is 0. The van der Waals surface area contributed by atoms with Crippen LogP contribution >= 0.6 is 22.9 Å². The van der Waals surface area contributed by atoms with E-state index in [1.165, 1.54) is 0 Å². The highest BCUT2D eigenvalue weighted by Gasteiger charge is 2.30. The van der Waals surface area contributed by atoms with E-state index in [2.05, 4.69) is 11.9 Å². The first kappa shape index (κ1) is 14.2. The average Bonchev–Trinajstić information content (AvgIpc) is 2.49. The van der Waals surface area contributed by atoms with Gasteiger partial charge < -0.3 is 0 Å². The molecule has 102 valence electrons. The lowest BCUT2D eigenvalue weighted by Gasteiger charge is -2.19. The molecule has 0 aliphatic carbocycles. The van der Waals surface area contributed by atoms with E-state index in [9.17, 15) is 8.42 Å². The number of aromatic nitrogens is 1. The Hall–Kier alpha value is -0.170. The number of sulfonamides is 1. The molecule has 1 aliphatic heterocycles. The van der Waals surface area contributed by atoms with Crippen molar-refractivity contribution < 1.29 is 8.42 Å². The third-order valence-corrected chi connectivity index (χ3v) is 7.03. The Morgan fingerprint density at radius 1 is 1.39 bits per heavy atom. The van der Waals surface area contributed by atoms with E-state index in [0.717, 1.165) is 30.6 Å². The number of hydrogen-bond acceptors (Lipinski definition) is 4. The Balaban J connectivity index is 2.28. The zero-order valence-electron chi connectivity index (χ0n) is 10.5. The second kappa shape index (κ2) is 5.45. The smallest absolute Gasteiger partial charge is 0.229 e. The maximum absolute atomic E-state index is 12.5. The predicted octanol–water partition coefficient (Wildman–Crippen LogP) is 2.92. The van der Waals surface area contributed by atoms with Crippen LogP contribution in [0.1, 0.15) is 31.9 Å². The molecule has 2 rings (SSSR count). The molecule has 0 spiro atoms. The zero-order valence-corrected chi connectivity index (χ0v) is 12.9. The molecule has 0 bridgehead atoms. The highest BCUT2D eigenvalue weighted by Crippen LogP contribution is 2.31. The molecule has 0 N–H and O–H groups in total. The summed E-state index contributed by atoms with van der Waals surface area (Å²) in [6.07, 6.45) is 2.94. The molecule has 7 heteroatoms. The molecule has 0 saturated carbocycles. The largest absolute Gasteiger partial charge is 0.254 e. The Bertz CT molecular complexity index is 527. The molecular weight excluding hydrogens is 292 g/mol. The van der Waals surface area contributed by atoms with Gasteiger partial charge in [-0.1, -0.05) is 29.9 Å². The molecule has 2 heterocycles. The van der Waals surface area contributed by atoms with Crippen LogP contribution < -0.4 is 0 Å². The van der Waals surface area contributed by atoms with E-state index in [1.807, 2.05) is 0 Å². The van der Waals surface area contributed by atoms with Crippen LogP contribution in [0.4, 0.5) is 0 Å². The molecule has 0 aromatic carbocycles. The van der Waals surface area contributed by atoms with Gasteiger partial charge in [0.15, 0.2) is 8.68 Å². The summed E-state index contributed by atoms with van der Waals surface area (Å²) < 4.78 is 27.2. The molecule has 0 radical (unpaired) electrons. The first-order valence-corrected chi connectivity index (χ1v) is 8.68. The van der Waals surface area contributed by atoms with Crippen molar-refractivity contribution >= 4 is 33.0 Å². The van der Waals surface area contributed by atoms with Crippen LogP contribution in [0.25, 0.3) is 0 Å². The SMILES string of the molecule is Cc1nc(Cl)sc1S(=O)(=O)N1CCCC(C)CC1. The van der Waals surface area contributed by atoms with E-state index >= 15 is 0 Å². The molecular formula is C11H17ClN2O2S2. The van der Waals surface area contributed by atoms with E-state index in [0.29, 0.717) is 28.9 Å². The molecule has 1 unspecified atom stereocenters. The van der Waals surface area contributed by atoms with Gasteiger partial charge in [0.05, 0.1) is 5.69 Å². The van der Waals surface area contributed by atoms with Crippen molar-refractivity contribution in [3.63, 3.8) is 0 Å². The van der Waals surface area contributed by atoms with Crippen molar-refractivity contribution in [1.82, 2.24) is 9.29 Å². The molecule has 1 aromatic heterocycles. The molecule has 1 aromatic rings. The van der Waals surface area contributed by atoms with Crippen LogP contribution in [0.15, 0.2) is 4.21 Å². The van der Waals surface area contributed by atoms with Crippen molar-refractivity contribution in [1.29, 1.82) is 0 Å². The minimum atomic E-state index is -3.41. The van der Waals surface area contributed by atoms with E-state index < -0.39 is 10.0 Å². The van der Waals surface area contributed by atoms with Gasteiger partial charge in [0.2, 0.25) is 0 Å². The quantitative estimate of drug-likeness (QED) is 0.844. The highest BCUT2D eigenvalue weighted by molar-refractivity contribution is 7.91. The first-order valence-electron chi connectivity index (χ1n) is 6.04. The van der Waals surface area contributed by atoms with E-state index in [1.54, 1.807) is 11.2 Å². The van der Waals surface area contributed by atoms with Crippen molar-refractivity contribution in [2.24, 2.45) is 5.92 Å². The van der Waals surface area contributed by atoms with Gasteiger partial charge in [-0.2, -0.15) is 4.31 Å². The number of thiazole rings is 1. The molecule has 1 aliphatic rings. The molecule has 1 fully saturated rings. The number of rotatable bonds is 2. The second-order valence-corrected chi connectivity index (χ2v) is 8.49. The third-order valence-electron chi connectivity index (χ3n) is 3.28. The van der Waals surface area contributed by atoms with Crippen LogP contribution in [0, 0.1) is 12.8 Å². The number of aryl methyl sites for hydroxylation is 1. The summed E-state index contributed by atoms with van der Waals surface area (Å²) in [6.45, 7) is 5.06. The molecule has 1 atom stereocenters. The van der Waals surface area contributed by atoms with E-state index in [-0.39, 0.29) is 4.47 Å². The summed E-state index contributed by atoms with van der Waals surface area (Å²) >= 11 is 6.84. The van der Waals surface area contributed by atoms with Gasteiger partial charge >= 0.3 is 0 Å². The van der Waals surface area contributed by atoms with Crippen LogP contribution in [0.3, 0.4) is 0 Å². The maximum Gasteiger partial charge on any atom is 0.254 e. The first-order chi connectivity index (χ1) is 8.41. The summed E-state index contributed by atoms with van der Waals surface area (Å²) in [6, 6.07) is 0. The summed E-state index contributed by atoms with van der Waals surface area (Å²) in [5.74, 6) is 0.594. The summed E-state index contributed by atoms with van der Waals surface area (Å²) in [4.78, 5) is 3.99. The van der Waals surface area contributed by atoms with Crippen LogP contribution in [0.5, 0.6) is 0 Å². The Morgan fingerprint density at radius 3 is 2.72 bits per heavy atom. The van der Waals surface area contributed by atoms with Gasteiger partial charge in [0.1, 0.15) is 0 Å². The Morgan fingerprint density at radius 2 is 2.11 bits per heavy atom. The monoisotopic (exact) mass is 308 g/mol. The molecule has 0 amide bonds. The third kappa shape index (κ3) is 2.87. The minimum Gasteiger partial charge on any atom is -0.229 e. The van der Waals surface area contributed by atoms with E-state index in [4.69, 9.17) is 11.6 Å². The molecule has 4 nitrogen and oxygen atoms in total.